The Hall–Kier alpha value is -2.62. The fourth-order valence-corrected chi connectivity index (χ4v) is 2.92. The molecule has 0 aliphatic carbocycles. The fraction of sp³-hybridized carbons (Fsp3) is 0.263. The van der Waals surface area contributed by atoms with Crippen LogP contribution in [0.1, 0.15) is 11.1 Å². The lowest BCUT2D eigenvalue weighted by Crippen LogP contribution is -2.28. The lowest BCUT2D eigenvalue weighted by molar-refractivity contribution is 0.149. The van der Waals surface area contributed by atoms with Gasteiger partial charge in [0.2, 0.25) is 0 Å². The van der Waals surface area contributed by atoms with Crippen LogP contribution in [0.5, 0.6) is 23.0 Å². The number of ether oxygens (including phenoxy) is 4. The molecule has 4 nitrogen and oxygen atoms in total. The molecule has 4 heteroatoms. The van der Waals surface area contributed by atoms with Crippen LogP contribution in [0.2, 0.25) is 0 Å². The Balaban J connectivity index is 2.04. The van der Waals surface area contributed by atoms with Gasteiger partial charge in [0.05, 0.1) is 21.3 Å². The van der Waals surface area contributed by atoms with Gasteiger partial charge in [0.1, 0.15) is 23.0 Å². The predicted octanol–water partition coefficient (Wildman–Crippen LogP) is 3.73. The molecule has 1 atom stereocenters. The second-order valence-electron chi connectivity index (χ2n) is 5.41. The third kappa shape index (κ3) is 2.50. The van der Waals surface area contributed by atoms with Crippen LogP contribution in [0.25, 0.3) is 0 Å². The summed E-state index contributed by atoms with van der Waals surface area (Å²) in [6.07, 6.45) is 2.49. The first-order valence-corrected chi connectivity index (χ1v) is 7.38. The summed E-state index contributed by atoms with van der Waals surface area (Å²) in [4.78, 5) is 0. The molecule has 0 bridgehead atoms. The van der Waals surface area contributed by atoms with Gasteiger partial charge in [-0.25, -0.2) is 0 Å². The first-order chi connectivity index (χ1) is 11.2. The van der Waals surface area contributed by atoms with Crippen molar-refractivity contribution in [2.24, 2.45) is 0 Å². The normalized spacial score (nSPS) is 18.7. The Bertz CT molecular complexity index is 721. The number of hydrogen-bond acceptors (Lipinski definition) is 4. The molecule has 0 saturated heterocycles. The van der Waals surface area contributed by atoms with Gasteiger partial charge < -0.3 is 18.9 Å². The monoisotopic (exact) mass is 312 g/mol. The molecule has 1 heterocycles. The van der Waals surface area contributed by atoms with E-state index in [-0.39, 0.29) is 0 Å². The number of rotatable bonds is 5. The van der Waals surface area contributed by atoms with E-state index in [2.05, 4.69) is 6.58 Å². The van der Waals surface area contributed by atoms with Crippen molar-refractivity contribution >= 4 is 0 Å². The zero-order chi connectivity index (χ0) is 16.4. The van der Waals surface area contributed by atoms with Gasteiger partial charge in [-0.1, -0.05) is 18.7 Å². The third-order valence-corrected chi connectivity index (χ3v) is 4.24. The Morgan fingerprint density at radius 2 is 1.70 bits per heavy atom. The summed E-state index contributed by atoms with van der Waals surface area (Å²) in [7, 11) is 4.92. The zero-order valence-electron chi connectivity index (χ0n) is 13.6. The standard InChI is InChI=1S/C19H20O4/c1-5-19(13-6-8-14(20-2)9-7-13)12-16-17(22-4)10-15(21-3)11-18(16)23-19/h5-11H,1,12H2,2-4H3. The Morgan fingerprint density at radius 3 is 2.26 bits per heavy atom. The van der Waals surface area contributed by atoms with Crippen LogP contribution in [-0.2, 0) is 12.0 Å². The van der Waals surface area contributed by atoms with Crippen molar-refractivity contribution in [3.8, 4) is 23.0 Å². The molecule has 0 radical (unpaired) electrons. The maximum absolute atomic E-state index is 6.27. The zero-order valence-corrected chi connectivity index (χ0v) is 13.6. The predicted molar refractivity (Wildman–Crippen MR) is 88.7 cm³/mol. The van der Waals surface area contributed by atoms with E-state index in [0.717, 1.165) is 28.4 Å². The largest absolute Gasteiger partial charge is 0.497 e. The van der Waals surface area contributed by atoms with Gasteiger partial charge in [0, 0.05) is 24.1 Å². The van der Waals surface area contributed by atoms with Crippen LogP contribution in [-0.4, -0.2) is 21.3 Å². The van der Waals surface area contributed by atoms with E-state index in [1.54, 1.807) is 21.3 Å². The fourth-order valence-electron chi connectivity index (χ4n) is 2.92. The molecule has 2 aromatic rings. The second-order valence-corrected chi connectivity index (χ2v) is 5.41. The number of hydrogen-bond donors (Lipinski definition) is 0. The first kappa shape index (κ1) is 15.3. The summed E-state index contributed by atoms with van der Waals surface area (Å²) in [5, 5.41) is 0. The lowest BCUT2D eigenvalue weighted by Gasteiger charge is -2.25. The number of benzene rings is 2. The summed E-state index contributed by atoms with van der Waals surface area (Å²) < 4.78 is 22.3. The Kier molecular flexibility index (Phi) is 3.90. The lowest BCUT2D eigenvalue weighted by atomic mass is 9.89. The average Bonchev–Trinajstić information content (AvgIpc) is 3.00. The molecule has 0 amide bonds. The minimum Gasteiger partial charge on any atom is -0.497 e. The topological polar surface area (TPSA) is 36.9 Å². The highest BCUT2D eigenvalue weighted by atomic mass is 16.5. The van der Waals surface area contributed by atoms with Crippen molar-refractivity contribution in [1.82, 2.24) is 0 Å². The minimum absolute atomic E-state index is 0.617. The van der Waals surface area contributed by atoms with Crippen LogP contribution in [0, 0.1) is 0 Å². The van der Waals surface area contributed by atoms with Crippen LogP contribution in [0.3, 0.4) is 0 Å². The first-order valence-electron chi connectivity index (χ1n) is 7.38. The van der Waals surface area contributed by atoms with Crippen molar-refractivity contribution in [1.29, 1.82) is 0 Å². The summed E-state index contributed by atoms with van der Waals surface area (Å²) in [6, 6.07) is 11.6. The molecule has 0 fully saturated rings. The third-order valence-electron chi connectivity index (χ3n) is 4.24. The highest BCUT2D eigenvalue weighted by molar-refractivity contribution is 5.56. The van der Waals surface area contributed by atoms with Crippen LogP contribution in [0.15, 0.2) is 49.1 Å². The molecule has 0 saturated carbocycles. The highest BCUT2D eigenvalue weighted by Crippen LogP contribution is 2.48. The SMILES string of the molecule is C=CC1(c2ccc(OC)cc2)Cc2c(OC)cc(OC)cc2O1. The quantitative estimate of drug-likeness (QED) is 0.788. The molecular weight excluding hydrogens is 292 g/mol. The van der Waals surface area contributed by atoms with E-state index in [0.29, 0.717) is 12.2 Å². The van der Waals surface area contributed by atoms with Gasteiger partial charge in [-0.3, -0.25) is 0 Å². The van der Waals surface area contributed by atoms with E-state index in [4.69, 9.17) is 18.9 Å². The molecular formula is C19H20O4. The Morgan fingerprint density at radius 1 is 1.00 bits per heavy atom. The van der Waals surface area contributed by atoms with E-state index in [9.17, 15) is 0 Å². The van der Waals surface area contributed by atoms with Gasteiger partial charge in [-0.15, -0.1) is 0 Å². The smallest absolute Gasteiger partial charge is 0.156 e. The molecule has 1 aliphatic rings. The van der Waals surface area contributed by atoms with Crippen LogP contribution >= 0.6 is 0 Å². The molecule has 23 heavy (non-hydrogen) atoms. The van der Waals surface area contributed by atoms with Crippen molar-refractivity contribution < 1.29 is 18.9 Å². The van der Waals surface area contributed by atoms with E-state index in [1.165, 1.54) is 0 Å². The van der Waals surface area contributed by atoms with E-state index >= 15 is 0 Å². The van der Waals surface area contributed by atoms with Gasteiger partial charge >= 0.3 is 0 Å². The summed E-state index contributed by atoms with van der Waals surface area (Å²) in [5.74, 6) is 3.03. The molecule has 120 valence electrons. The van der Waals surface area contributed by atoms with Gasteiger partial charge in [0.25, 0.3) is 0 Å². The van der Waals surface area contributed by atoms with Crippen molar-refractivity contribution in [3.05, 3.63) is 60.2 Å². The van der Waals surface area contributed by atoms with Crippen molar-refractivity contribution in [3.63, 3.8) is 0 Å². The van der Waals surface area contributed by atoms with Crippen molar-refractivity contribution in [2.45, 2.75) is 12.0 Å². The van der Waals surface area contributed by atoms with E-state index < -0.39 is 5.60 Å². The maximum Gasteiger partial charge on any atom is 0.156 e. The molecule has 0 N–H and O–H groups in total. The summed E-state index contributed by atoms with van der Waals surface area (Å²) in [5.41, 5.74) is 1.42. The molecule has 1 unspecified atom stereocenters. The summed E-state index contributed by atoms with van der Waals surface area (Å²) >= 11 is 0. The summed E-state index contributed by atoms with van der Waals surface area (Å²) in [6.45, 7) is 3.99. The highest BCUT2D eigenvalue weighted by Gasteiger charge is 2.40. The second kappa shape index (κ2) is 5.88. The van der Waals surface area contributed by atoms with Crippen LogP contribution < -0.4 is 18.9 Å². The van der Waals surface area contributed by atoms with E-state index in [1.807, 2.05) is 42.5 Å². The van der Waals surface area contributed by atoms with Gasteiger partial charge in [-0.2, -0.15) is 0 Å². The van der Waals surface area contributed by atoms with Gasteiger partial charge in [-0.05, 0) is 23.8 Å². The van der Waals surface area contributed by atoms with Gasteiger partial charge in [0.15, 0.2) is 5.60 Å². The average molecular weight is 312 g/mol. The molecule has 0 aromatic heterocycles. The van der Waals surface area contributed by atoms with Crippen LogP contribution in [0.4, 0.5) is 0 Å². The Labute approximate surface area is 136 Å². The molecule has 0 spiro atoms. The maximum atomic E-state index is 6.27. The number of fused-ring (bicyclic) bond motifs is 1. The molecule has 3 rings (SSSR count). The number of methoxy groups -OCH3 is 3. The van der Waals surface area contributed by atoms with Crippen molar-refractivity contribution in [2.75, 3.05) is 21.3 Å². The molecule has 2 aromatic carbocycles. The minimum atomic E-state index is -0.617. The molecule has 1 aliphatic heterocycles.